The number of nitrogens with one attached hydrogen (secondary N) is 2. The van der Waals surface area contributed by atoms with Gasteiger partial charge in [0.05, 0.1) is 18.1 Å². The molecule has 2 N–H and O–H groups in total. The van der Waals surface area contributed by atoms with Crippen LogP contribution < -0.4 is 19.5 Å². The average molecular weight is 528 g/mol. The minimum absolute atomic E-state index is 0.0911. The van der Waals surface area contributed by atoms with Crippen molar-refractivity contribution in [1.82, 2.24) is 15.0 Å². The molecule has 0 aliphatic rings. The molecule has 36 heavy (non-hydrogen) atoms. The molecule has 0 aliphatic carbocycles. The van der Waals surface area contributed by atoms with Crippen molar-refractivity contribution in [2.24, 2.45) is 0 Å². The van der Waals surface area contributed by atoms with E-state index in [0.29, 0.717) is 27.9 Å². The van der Waals surface area contributed by atoms with Crippen molar-refractivity contribution in [3.8, 4) is 17.2 Å². The van der Waals surface area contributed by atoms with Crippen molar-refractivity contribution >= 4 is 38.9 Å². The van der Waals surface area contributed by atoms with E-state index in [9.17, 15) is 13.2 Å². The summed E-state index contributed by atoms with van der Waals surface area (Å²) in [6.45, 7) is 0.0877. The summed E-state index contributed by atoms with van der Waals surface area (Å²) in [5, 5.41) is 11.3. The van der Waals surface area contributed by atoms with Gasteiger partial charge in [0.25, 0.3) is 0 Å². The highest BCUT2D eigenvalue weighted by Crippen LogP contribution is 2.33. The molecule has 0 radical (unpaired) electrons. The molecule has 0 aliphatic heterocycles. The lowest BCUT2D eigenvalue weighted by molar-refractivity contribution is -0.116. The van der Waals surface area contributed by atoms with E-state index < -0.39 is 10.0 Å². The molecule has 12 heteroatoms. The number of sulfonamides is 1. The number of nitrogens with zero attached hydrogens (tertiary/aromatic N) is 3. The molecule has 3 aromatic carbocycles. The third-order valence-electron chi connectivity index (χ3n) is 4.62. The number of carbonyl (C=O) groups excluding carboxylic acids is 1. The standard InChI is InChI=1S/C24H22ClN5O5S/c1-36(32,33)28-22-12-9-18(13-23(22)35-21-5-3-2-4-6-21)26-24(31)15-30-14-19(27-29-30)16-34-20-10-7-17(25)8-11-20/h2-14,28H,15-16H2,1H3,(H,26,31). The number of rotatable bonds is 10. The van der Waals surface area contributed by atoms with Gasteiger partial charge in [-0.25, -0.2) is 13.1 Å². The van der Waals surface area contributed by atoms with Gasteiger partial charge in [-0.1, -0.05) is 35.0 Å². The van der Waals surface area contributed by atoms with Crippen molar-refractivity contribution in [3.05, 3.63) is 89.7 Å². The Morgan fingerprint density at radius 2 is 1.78 bits per heavy atom. The number of amides is 1. The predicted octanol–water partition coefficient (Wildman–Crippen LogP) is 4.31. The van der Waals surface area contributed by atoms with Crippen molar-refractivity contribution in [3.63, 3.8) is 0 Å². The molecule has 4 rings (SSSR count). The number of benzene rings is 3. The summed E-state index contributed by atoms with van der Waals surface area (Å²) in [5.74, 6) is 1.01. The van der Waals surface area contributed by atoms with Gasteiger partial charge >= 0.3 is 0 Å². The number of hydrogen-bond donors (Lipinski definition) is 2. The van der Waals surface area contributed by atoms with Crippen LogP contribution in [-0.2, 0) is 28.0 Å². The summed E-state index contributed by atoms with van der Waals surface area (Å²) < 4.78 is 38.8. The third-order valence-corrected chi connectivity index (χ3v) is 5.47. The second kappa shape index (κ2) is 11.1. The van der Waals surface area contributed by atoms with E-state index in [1.165, 1.54) is 16.8 Å². The fraction of sp³-hybridized carbons (Fsp3) is 0.125. The summed E-state index contributed by atoms with van der Waals surface area (Å²) in [6.07, 6.45) is 2.65. The summed E-state index contributed by atoms with van der Waals surface area (Å²) in [5.41, 5.74) is 1.20. The minimum atomic E-state index is -3.54. The van der Waals surface area contributed by atoms with Crippen LogP contribution in [0.4, 0.5) is 11.4 Å². The van der Waals surface area contributed by atoms with E-state index >= 15 is 0 Å². The molecule has 0 unspecified atom stereocenters. The number of ether oxygens (including phenoxy) is 2. The van der Waals surface area contributed by atoms with Crippen LogP contribution in [0, 0.1) is 0 Å². The first-order chi connectivity index (χ1) is 17.2. The minimum Gasteiger partial charge on any atom is -0.487 e. The van der Waals surface area contributed by atoms with Crippen LogP contribution in [0.3, 0.4) is 0 Å². The van der Waals surface area contributed by atoms with E-state index in [2.05, 4.69) is 20.4 Å². The van der Waals surface area contributed by atoms with E-state index in [1.807, 2.05) is 6.07 Å². The zero-order chi connectivity index (χ0) is 25.5. The Morgan fingerprint density at radius 1 is 1.03 bits per heavy atom. The number of hydrogen-bond acceptors (Lipinski definition) is 7. The average Bonchev–Trinajstić information content (AvgIpc) is 3.27. The van der Waals surface area contributed by atoms with Gasteiger partial charge in [-0.3, -0.25) is 9.52 Å². The fourth-order valence-electron chi connectivity index (χ4n) is 3.10. The van der Waals surface area contributed by atoms with Gasteiger partial charge in [0.1, 0.15) is 30.3 Å². The first kappa shape index (κ1) is 25.0. The van der Waals surface area contributed by atoms with E-state index in [-0.39, 0.29) is 30.5 Å². The van der Waals surface area contributed by atoms with E-state index in [4.69, 9.17) is 21.1 Å². The maximum atomic E-state index is 12.6. The van der Waals surface area contributed by atoms with Crippen LogP contribution in [0.15, 0.2) is 79.0 Å². The summed E-state index contributed by atoms with van der Waals surface area (Å²) in [7, 11) is -3.54. The second-order valence-electron chi connectivity index (χ2n) is 7.70. The van der Waals surface area contributed by atoms with Gasteiger partial charge in [0.2, 0.25) is 15.9 Å². The molecule has 1 amide bonds. The molecule has 0 fully saturated rings. The molecule has 0 saturated carbocycles. The molecule has 0 saturated heterocycles. The maximum Gasteiger partial charge on any atom is 0.246 e. The Kier molecular flexibility index (Phi) is 7.71. The summed E-state index contributed by atoms with van der Waals surface area (Å²) >= 11 is 5.86. The number of para-hydroxylation sites is 1. The smallest absolute Gasteiger partial charge is 0.246 e. The predicted molar refractivity (Wildman–Crippen MR) is 136 cm³/mol. The second-order valence-corrected chi connectivity index (χ2v) is 9.88. The molecule has 186 valence electrons. The van der Waals surface area contributed by atoms with Crippen LogP contribution in [0.1, 0.15) is 5.69 Å². The lowest BCUT2D eigenvalue weighted by atomic mass is 10.2. The Morgan fingerprint density at radius 3 is 2.50 bits per heavy atom. The molecule has 0 atom stereocenters. The Balaban J connectivity index is 1.40. The SMILES string of the molecule is CS(=O)(=O)Nc1ccc(NC(=O)Cn2cc(COc3ccc(Cl)cc3)nn2)cc1Oc1ccccc1. The first-order valence-corrected chi connectivity index (χ1v) is 12.9. The van der Waals surface area contributed by atoms with Crippen LogP contribution in [0.25, 0.3) is 0 Å². The molecule has 0 bridgehead atoms. The monoisotopic (exact) mass is 527 g/mol. The van der Waals surface area contributed by atoms with Crippen LogP contribution >= 0.6 is 11.6 Å². The highest BCUT2D eigenvalue weighted by atomic mass is 35.5. The molecule has 0 spiro atoms. The van der Waals surface area contributed by atoms with Gasteiger partial charge < -0.3 is 14.8 Å². The first-order valence-electron chi connectivity index (χ1n) is 10.7. The van der Waals surface area contributed by atoms with Crippen molar-refractivity contribution in [2.75, 3.05) is 16.3 Å². The Labute approximate surface area is 212 Å². The topological polar surface area (TPSA) is 124 Å². The van der Waals surface area contributed by atoms with Gasteiger partial charge in [-0.15, -0.1) is 5.10 Å². The lowest BCUT2D eigenvalue weighted by Crippen LogP contribution is -2.19. The Hall–Kier alpha value is -4.09. The molecule has 10 nitrogen and oxygen atoms in total. The van der Waals surface area contributed by atoms with Gasteiger partial charge in [-0.2, -0.15) is 0 Å². The third kappa shape index (κ3) is 7.45. The zero-order valence-electron chi connectivity index (χ0n) is 19.1. The fourth-order valence-corrected chi connectivity index (χ4v) is 3.80. The van der Waals surface area contributed by atoms with E-state index in [1.54, 1.807) is 60.8 Å². The number of aromatic nitrogens is 3. The maximum absolute atomic E-state index is 12.6. The zero-order valence-corrected chi connectivity index (χ0v) is 20.7. The van der Waals surface area contributed by atoms with Crippen molar-refractivity contribution < 1.29 is 22.7 Å². The molecular weight excluding hydrogens is 506 g/mol. The largest absolute Gasteiger partial charge is 0.487 e. The van der Waals surface area contributed by atoms with E-state index in [0.717, 1.165) is 6.26 Å². The number of halogens is 1. The Bertz CT molecular complexity index is 1440. The van der Waals surface area contributed by atoms with Crippen molar-refractivity contribution in [2.45, 2.75) is 13.2 Å². The number of anilines is 2. The highest BCUT2D eigenvalue weighted by molar-refractivity contribution is 7.92. The van der Waals surface area contributed by atoms with Crippen molar-refractivity contribution in [1.29, 1.82) is 0 Å². The highest BCUT2D eigenvalue weighted by Gasteiger charge is 2.13. The summed E-state index contributed by atoms with van der Waals surface area (Å²) in [6, 6.07) is 20.4. The molecular formula is C24H22ClN5O5S. The van der Waals surface area contributed by atoms with Gasteiger partial charge in [0.15, 0.2) is 5.75 Å². The van der Waals surface area contributed by atoms with Crippen LogP contribution in [0.5, 0.6) is 17.2 Å². The lowest BCUT2D eigenvalue weighted by Gasteiger charge is -2.14. The summed E-state index contributed by atoms with van der Waals surface area (Å²) in [4.78, 5) is 12.6. The van der Waals surface area contributed by atoms with Gasteiger partial charge in [-0.05, 0) is 48.5 Å². The van der Waals surface area contributed by atoms with Crippen LogP contribution in [-0.4, -0.2) is 35.6 Å². The number of carbonyl (C=O) groups is 1. The van der Waals surface area contributed by atoms with Gasteiger partial charge in [0, 0.05) is 16.8 Å². The quantitative estimate of drug-likeness (QED) is 0.315. The molecule has 1 aromatic heterocycles. The normalized spacial score (nSPS) is 11.1. The molecule has 4 aromatic rings. The van der Waals surface area contributed by atoms with Crippen LogP contribution in [0.2, 0.25) is 5.02 Å². The molecule has 1 heterocycles.